The lowest BCUT2D eigenvalue weighted by atomic mass is 10.4. The van der Waals surface area contributed by atoms with Gasteiger partial charge in [-0.25, -0.2) is 0 Å². The van der Waals surface area contributed by atoms with Gasteiger partial charge in [-0.15, -0.1) is 0 Å². The molecule has 7 nitrogen and oxygen atoms in total. The van der Waals surface area contributed by atoms with Crippen molar-refractivity contribution in [3.63, 3.8) is 0 Å². The molecule has 2 fully saturated rings. The van der Waals surface area contributed by atoms with E-state index in [1.165, 1.54) is 0 Å². The maximum atomic E-state index is 11.1. The molecular formula is C10H13Cl2N3O4. The summed E-state index contributed by atoms with van der Waals surface area (Å²) in [7, 11) is 0. The van der Waals surface area contributed by atoms with Crippen molar-refractivity contribution < 1.29 is 14.4 Å². The van der Waals surface area contributed by atoms with Gasteiger partial charge >= 0.3 is 5.70 Å². The Morgan fingerprint density at radius 2 is 2.00 bits per heavy atom. The van der Waals surface area contributed by atoms with Crippen LogP contribution >= 0.6 is 23.2 Å². The fourth-order valence-corrected chi connectivity index (χ4v) is 2.31. The van der Waals surface area contributed by atoms with Crippen molar-refractivity contribution in [2.45, 2.75) is 0 Å². The lowest BCUT2D eigenvalue weighted by Gasteiger charge is -2.28. The minimum Gasteiger partial charge on any atom is -0.472 e. The van der Waals surface area contributed by atoms with Crippen LogP contribution in [-0.4, -0.2) is 49.3 Å². The number of ether oxygens (including phenoxy) is 2. The fourth-order valence-electron chi connectivity index (χ4n) is 1.78. The van der Waals surface area contributed by atoms with Gasteiger partial charge in [-0.05, 0) is 0 Å². The minimum absolute atomic E-state index is 0.0569. The SMILES string of the molecule is O=[N+]([O-])C(=C1\NCCO1)/C(Cl)=C(\Cl)N1CCOCC1. The largest absolute Gasteiger partial charge is 0.472 e. The number of nitro groups is 1. The quantitative estimate of drug-likeness (QED) is 0.477. The van der Waals surface area contributed by atoms with Gasteiger partial charge in [0.15, 0.2) is 5.03 Å². The Kier molecular flexibility index (Phi) is 4.73. The van der Waals surface area contributed by atoms with Crippen LogP contribution in [0, 0.1) is 10.1 Å². The highest BCUT2D eigenvalue weighted by molar-refractivity contribution is 6.40. The molecule has 2 rings (SSSR count). The summed E-state index contributed by atoms with van der Waals surface area (Å²) in [6, 6.07) is 0. The summed E-state index contributed by atoms with van der Waals surface area (Å²) in [6.07, 6.45) is 0. The Labute approximate surface area is 119 Å². The zero-order valence-electron chi connectivity index (χ0n) is 10.0. The van der Waals surface area contributed by atoms with E-state index in [1.54, 1.807) is 4.90 Å². The maximum absolute atomic E-state index is 11.1. The Hall–Kier alpha value is -1.18. The highest BCUT2D eigenvalue weighted by Gasteiger charge is 2.31. The van der Waals surface area contributed by atoms with Gasteiger partial charge in [0.1, 0.15) is 11.8 Å². The molecule has 0 radical (unpaired) electrons. The molecule has 1 N–H and O–H groups in total. The highest BCUT2D eigenvalue weighted by atomic mass is 35.5. The van der Waals surface area contributed by atoms with Gasteiger partial charge in [0.25, 0.3) is 5.88 Å². The van der Waals surface area contributed by atoms with E-state index in [9.17, 15) is 10.1 Å². The van der Waals surface area contributed by atoms with Gasteiger partial charge in [0.05, 0.1) is 24.7 Å². The standard InChI is InChI=1S/C10H13Cl2N3O4/c11-7(9(12)14-2-5-18-6-3-14)8(15(16)17)10-13-1-4-19-10/h13H,1-6H2/b9-7-,10-8+. The number of nitrogens with one attached hydrogen (secondary N) is 1. The second kappa shape index (κ2) is 6.31. The third-order valence-electron chi connectivity index (χ3n) is 2.71. The molecule has 0 bridgehead atoms. The molecule has 0 atom stereocenters. The molecule has 2 saturated heterocycles. The van der Waals surface area contributed by atoms with Crippen LogP contribution in [0.4, 0.5) is 0 Å². The number of halogens is 2. The number of allylic oxidation sites excluding steroid dienone is 1. The van der Waals surface area contributed by atoms with Crippen molar-refractivity contribution >= 4 is 23.2 Å². The van der Waals surface area contributed by atoms with Crippen molar-refractivity contribution in [3.8, 4) is 0 Å². The molecule has 106 valence electrons. The van der Waals surface area contributed by atoms with E-state index in [0.717, 1.165) is 0 Å². The molecule has 0 spiro atoms. The molecule has 9 heteroatoms. The van der Waals surface area contributed by atoms with E-state index in [0.29, 0.717) is 39.5 Å². The van der Waals surface area contributed by atoms with Crippen LogP contribution in [0.5, 0.6) is 0 Å². The molecular weight excluding hydrogens is 297 g/mol. The number of hydrogen-bond donors (Lipinski definition) is 1. The highest BCUT2D eigenvalue weighted by Crippen LogP contribution is 2.28. The van der Waals surface area contributed by atoms with Gasteiger partial charge in [0.2, 0.25) is 0 Å². The minimum atomic E-state index is -0.598. The Morgan fingerprint density at radius 3 is 2.53 bits per heavy atom. The predicted octanol–water partition coefficient (Wildman–Crippen LogP) is 1.03. The van der Waals surface area contributed by atoms with Crippen molar-refractivity contribution in [1.82, 2.24) is 10.2 Å². The van der Waals surface area contributed by atoms with Crippen LogP contribution in [0.25, 0.3) is 0 Å². The average Bonchev–Trinajstić information content (AvgIpc) is 2.92. The van der Waals surface area contributed by atoms with E-state index >= 15 is 0 Å². The van der Waals surface area contributed by atoms with E-state index in [4.69, 9.17) is 32.7 Å². The van der Waals surface area contributed by atoms with Gasteiger partial charge in [-0.1, -0.05) is 23.2 Å². The zero-order chi connectivity index (χ0) is 13.8. The topological polar surface area (TPSA) is 76.9 Å². The summed E-state index contributed by atoms with van der Waals surface area (Å²) < 4.78 is 10.3. The zero-order valence-corrected chi connectivity index (χ0v) is 11.5. The van der Waals surface area contributed by atoms with Crippen LogP contribution < -0.4 is 5.32 Å². The summed E-state index contributed by atoms with van der Waals surface area (Å²) >= 11 is 12.2. The summed E-state index contributed by atoms with van der Waals surface area (Å²) in [5.74, 6) is 0.0569. The number of hydrogen-bond acceptors (Lipinski definition) is 6. The van der Waals surface area contributed by atoms with Crippen molar-refractivity contribution in [2.75, 3.05) is 39.5 Å². The third kappa shape index (κ3) is 3.23. The molecule has 0 amide bonds. The van der Waals surface area contributed by atoms with Gasteiger partial charge in [-0.3, -0.25) is 10.1 Å². The number of rotatable bonds is 3. The Morgan fingerprint density at radius 1 is 1.32 bits per heavy atom. The second-order valence-corrected chi connectivity index (χ2v) is 4.65. The summed E-state index contributed by atoms with van der Waals surface area (Å²) in [4.78, 5) is 12.3. The van der Waals surface area contributed by atoms with Crippen LogP contribution in [0.15, 0.2) is 21.8 Å². The molecule has 0 aromatic heterocycles. The fraction of sp³-hybridized carbons (Fsp3) is 0.600. The van der Waals surface area contributed by atoms with E-state index in [2.05, 4.69) is 5.32 Å². The number of nitrogens with zero attached hydrogens (tertiary/aromatic N) is 2. The monoisotopic (exact) mass is 309 g/mol. The summed E-state index contributed by atoms with van der Waals surface area (Å²) in [5, 5.41) is 13.9. The van der Waals surface area contributed by atoms with Crippen molar-refractivity contribution in [2.24, 2.45) is 0 Å². The first-order valence-electron chi connectivity index (χ1n) is 5.75. The summed E-state index contributed by atoms with van der Waals surface area (Å²) in [5.41, 5.74) is -0.337. The Balaban J connectivity index is 2.29. The lowest BCUT2D eigenvalue weighted by molar-refractivity contribution is -0.423. The smallest absolute Gasteiger partial charge is 0.349 e. The molecule has 0 saturated carbocycles. The third-order valence-corrected chi connectivity index (χ3v) is 3.59. The second-order valence-electron chi connectivity index (χ2n) is 3.91. The van der Waals surface area contributed by atoms with Crippen molar-refractivity contribution in [3.05, 3.63) is 31.9 Å². The molecule has 0 aliphatic carbocycles. The molecule has 0 unspecified atom stereocenters. The molecule has 0 aromatic carbocycles. The average molecular weight is 310 g/mol. The Bertz CT molecular complexity index is 424. The van der Waals surface area contributed by atoms with Crippen LogP contribution in [0.2, 0.25) is 0 Å². The van der Waals surface area contributed by atoms with Gasteiger partial charge in [-0.2, -0.15) is 0 Å². The molecule has 2 heterocycles. The van der Waals surface area contributed by atoms with Crippen LogP contribution in [0.1, 0.15) is 0 Å². The normalized spacial score (nSPS) is 23.4. The first-order valence-corrected chi connectivity index (χ1v) is 6.50. The van der Waals surface area contributed by atoms with E-state index in [1.807, 2.05) is 0 Å². The first kappa shape index (κ1) is 14.2. The van der Waals surface area contributed by atoms with Crippen LogP contribution in [-0.2, 0) is 9.47 Å². The number of morpholine rings is 1. The van der Waals surface area contributed by atoms with Gasteiger partial charge in [0, 0.05) is 13.1 Å². The lowest BCUT2D eigenvalue weighted by Crippen LogP contribution is -2.35. The maximum Gasteiger partial charge on any atom is 0.349 e. The van der Waals surface area contributed by atoms with Crippen molar-refractivity contribution in [1.29, 1.82) is 0 Å². The molecule has 2 aliphatic heterocycles. The van der Waals surface area contributed by atoms with Gasteiger partial charge < -0.3 is 19.7 Å². The first-order chi connectivity index (χ1) is 9.11. The molecule has 19 heavy (non-hydrogen) atoms. The van der Waals surface area contributed by atoms with E-state index in [-0.39, 0.29) is 21.8 Å². The van der Waals surface area contributed by atoms with E-state index < -0.39 is 4.92 Å². The molecule has 0 aromatic rings. The summed E-state index contributed by atoms with van der Waals surface area (Å²) in [6.45, 7) is 2.99. The predicted molar refractivity (Wildman–Crippen MR) is 69.1 cm³/mol. The van der Waals surface area contributed by atoms with Crippen LogP contribution in [0.3, 0.4) is 0 Å². The molecule has 2 aliphatic rings.